The van der Waals surface area contributed by atoms with Crippen LogP contribution in [0, 0.1) is 0 Å². The number of nitrogens with zero attached hydrogens (tertiary/aromatic N) is 5. The number of thiophene rings is 1. The number of carbonyl (C=O) groups excluding carboxylic acids is 1. The maximum absolute atomic E-state index is 13.0. The molecule has 0 saturated carbocycles. The SMILES string of the molecule is C=S(C)(=O)N(c1ccc(CC(=O)N2CCN(c3ncnc4sc(CC(F)(F)F)cc34)CC2)cc1)C(C)C. The Morgan fingerprint density at radius 2 is 1.81 bits per heavy atom. The predicted octanol–water partition coefficient (Wildman–Crippen LogP) is 4.16. The lowest BCUT2D eigenvalue weighted by atomic mass is 10.1. The van der Waals surface area contributed by atoms with Crippen molar-refractivity contribution >= 4 is 54.5 Å². The summed E-state index contributed by atoms with van der Waals surface area (Å²) in [6.07, 6.45) is -2.04. The molecule has 4 rings (SSSR count). The van der Waals surface area contributed by atoms with Gasteiger partial charge in [0.1, 0.15) is 17.0 Å². The fraction of sp³-hybridized carbons (Fsp3) is 0.440. The molecule has 37 heavy (non-hydrogen) atoms. The van der Waals surface area contributed by atoms with Crippen LogP contribution < -0.4 is 9.21 Å². The number of anilines is 2. The lowest BCUT2D eigenvalue weighted by molar-refractivity contribution is -0.130. The Balaban J connectivity index is 1.39. The number of rotatable bonds is 7. The summed E-state index contributed by atoms with van der Waals surface area (Å²) in [5.41, 5.74) is 1.66. The molecule has 1 aliphatic rings. The molecule has 3 aromatic rings. The average Bonchev–Trinajstić information content (AvgIpc) is 3.20. The molecule has 12 heteroatoms. The summed E-state index contributed by atoms with van der Waals surface area (Å²) in [7, 11) is -2.42. The van der Waals surface area contributed by atoms with Crippen molar-refractivity contribution in [3.05, 3.63) is 47.1 Å². The first kappa shape index (κ1) is 27.2. The van der Waals surface area contributed by atoms with Crippen LogP contribution >= 0.6 is 11.3 Å². The molecule has 1 aliphatic heterocycles. The van der Waals surface area contributed by atoms with E-state index in [-0.39, 0.29) is 23.2 Å². The van der Waals surface area contributed by atoms with Crippen molar-refractivity contribution in [1.82, 2.24) is 14.9 Å². The minimum absolute atomic E-state index is 0.000364. The van der Waals surface area contributed by atoms with Gasteiger partial charge in [-0.15, -0.1) is 11.3 Å². The lowest BCUT2D eigenvalue weighted by Crippen LogP contribution is -2.49. The molecule has 200 valence electrons. The molecule has 0 bridgehead atoms. The molecule has 1 atom stereocenters. The van der Waals surface area contributed by atoms with E-state index in [0.29, 0.717) is 42.2 Å². The number of alkyl halides is 3. The average molecular weight is 554 g/mol. The zero-order chi connectivity index (χ0) is 27.0. The molecule has 7 nitrogen and oxygen atoms in total. The van der Waals surface area contributed by atoms with Crippen LogP contribution in [0.15, 0.2) is 36.7 Å². The van der Waals surface area contributed by atoms with Crippen molar-refractivity contribution < 1.29 is 22.2 Å². The van der Waals surface area contributed by atoms with Crippen molar-refractivity contribution in [3.63, 3.8) is 0 Å². The van der Waals surface area contributed by atoms with E-state index in [0.717, 1.165) is 22.6 Å². The zero-order valence-corrected chi connectivity index (χ0v) is 22.6. The van der Waals surface area contributed by atoms with Crippen LogP contribution in [0.25, 0.3) is 10.2 Å². The van der Waals surface area contributed by atoms with E-state index < -0.39 is 22.3 Å². The van der Waals surface area contributed by atoms with Crippen molar-refractivity contribution in [3.8, 4) is 0 Å². The largest absolute Gasteiger partial charge is 0.393 e. The summed E-state index contributed by atoms with van der Waals surface area (Å²) < 4.78 is 52.9. The molecule has 2 aromatic heterocycles. The van der Waals surface area contributed by atoms with Crippen LogP contribution in [-0.2, 0) is 27.3 Å². The van der Waals surface area contributed by atoms with Gasteiger partial charge in [0.05, 0.1) is 18.2 Å². The number of fused-ring (bicyclic) bond motifs is 1. The van der Waals surface area contributed by atoms with E-state index in [1.54, 1.807) is 15.5 Å². The first-order chi connectivity index (χ1) is 17.3. The monoisotopic (exact) mass is 553 g/mol. The molecule has 0 N–H and O–H groups in total. The Morgan fingerprint density at radius 1 is 1.16 bits per heavy atom. The first-order valence-electron chi connectivity index (χ1n) is 11.9. The summed E-state index contributed by atoms with van der Waals surface area (Å²) in [6.45, 7) is 5.94. The number of amides is 1. The van der Waals surface area contributed by atoms with E-state index in [1.165, 1.54) is 12.4 Å². The third kappa shape index (κ3) is 6.53. The maximum atomic E-state index is 13.0. The minimum Gasteiger partial charge on any atom is -0.352 e. The van der Waals surface area contributed by atoms with Crippen molar-refractivity contribution in [1.29, 1.82) is 0 Å². The van der Waals surface area contributed by atoms with Gasteiger partial charge in [-0.1, -0.05) is 12.1 Å². The topological polar surface area (TPSA) is 69.6 Å². The second kappa shape index (κ2) is 10.5. The fourth-order valence-corrected chi connectivity index (χ4v) is 7.09. The Kier molecular flexibility index (Phi) is 7.70. The van der Waals surface area contributed by atoms with Gasteiger partial charge in [-0.2, -0.15) is 13.2 Å². The summed E-state index contributed by atoms with van der Waals surface area (Å²) in [5, 5.41) is 0.611. The maximum Gasteiger partial charge on any atom is 0.393 e. The number of piperazine rings is 1. The smallest absolute Gasteiger partial charge is 0.352 e. The number of hydrogen-bond acceptors (Lipinski definition) is 6. The number of hydrogen-bond donors (Lipinski definition) is 0. The van der Waals surface area contributed by atoms with Gasteiger partial charge in [-0.25, -0.2) is 14.2 Å². The van der Waals surface area contributed by atoms with E-state index in [2.05, 4.69) is 15.8 Å². The molecule has 1 aromatic carbocycles. The van der Waals surface area contributed by atoms with E-state index in [1.807, 2.05) is 43.0 Å². The van der Waals surface area contributed by atoms with Crippen molar-refractivity contribution in [2.75, 3.05) is 41.6 Å². The second-order valence-corrected chi connectivity index (χ2v) is 12.9. The normalized spacial score (nSPS) is 16.3. The van der Waals surface area contributed by atoms with E-state index in [4.69, 9.17) is 0 Å². The first-order valence-corrected chi connectivity index (χ1v) is 14.8. The van der Waals surface area contributed by atoms with Crippen LogP contribution in [0.5, 0.6) is 0 Å². The predicted molar refractivity (Wildman–Crippen MR) is 145 cm³/mol. The second-order valence-electron chi connectivity index (χ2n) is 9.51. The number of aromatic nitrogens is 2. The summed E-state index contributed by atoms with van der Waals surface area (Å²) >= 11 is 1.03. The highest BCUT2D eigenvalue weighted by Crippen LogP contribution is 2.34. The highest BCUT2D eigenvalue weighted by atomic mass is 32.2. The van der Waals surface area contributed by atoms with Gasteiger partial charge >= 0.3 is 6.18 Å². The molecular formula is C25H30F3N5O2S2. The van der Waals surface area contributed by atoms with Gasteiger partial charge < -0.3 is 9.80 Å². The molecule has 0 spiro atoms. The molecule has 1 saturated heterocycles. The highest BCUT2D eigenvalue weighted by Gasteiger charge is 2.30. The molecule has 3 heterocycles. The summed E-state index contributed by atoms with van der Waals surface area (Å²) in [5.74, 6) is 4.40. The Hall–Kier alpha value is -2.86. The molecule has 1 unspecified atom stereocenters. The molecule has 0 aliphatic carbocycles. The third-order valence-electron chi connectivity index (χ3n) is 6.10. The Labute approximate surface area is 219 Å². The van der Waals surface area contributed by atoms with Gasteiger partial charge in [-0.05, 0) is 43.5 Å². The van der Waals surface area contributed by atoms with E-state index in [9.17, 15) is 22.2 Å². The Morgan fingerprint density at radius 3 is 2.38 bits per heavy atom. The van der Waals surface area contributed by atoms with E-state index >= 15 is 0 Å². The van der Waals surface area contributed by atoms with Crippen LogP contribution in [0.3, 0.4) is 0 Å². The number of benzene rings is 1. The minimum atomic E-state index is -4.28. The van der Waals surface area contributed by atoms with Crippen LogP contribution in [0.4, 0.5) is 24.7 Å². The molecular weight excluding hydrogens is 523 g/mol. The summed E-state index contributed by atoms with van der Waals surface area (Å²) in [6, 6.07) is 9.01. The van der Waals surface area contributed by atoms with Gasteiger partial charge in [0.15, 0.2) is 0 Å². The highest BCUT2D eigenvalue weighted by molar-refractivity contribution is 8.00. The standard InChI is InChI=1S/C25H30F3N5O2S2/c1-17(2)33(37(3,4)35)19-7-5-18(6-8-19)13-22(34)31-9-11-32(12-10-31)23-21-14-20(15-25(26,27)28)36-24(21)30-16-29-23/h5-8,14,16-17H,3,9-13,15H2,1-2,4H3. The van der Waals surface area contributed by atoms with Gasteiger partial charge in [0.25, 0.3) is 0 Å². The lowest BCUT2D eigenvalue weighted by Gasteiger charge is -2.35. The zero-order valence-electron chi connectivity index (χ0n) is 21.0. The van der Waals surface area contributed by atoms with Crippen LogP contribution in [0.1, 0.15) is 24.3 Å². The quantitative estimate of drug-likeness (QED) is 0.411. The van der Waals surface area contributed by atoms with Crippen LogP contribution in [-0.4, -0.2) is 75.5 Å². The summed E-state index contributed by atoms with van der Waals surface area (Å²) in [4.78, 5) is 26.0. The van der Waals surface area contributed by atoms with Crippen molar-refractivity contribution in [2.24, 2.45) is 0 Å². The van der Waals surface area contributed by atoms with Gasteiger partial charge in [0.2, 0.25) is 5.91 Å². The molecule has 0 radical (unpaired) electrons. The number of carbonyl (C=O) groups is 1. The van der Waals surface area contributed by atoms with Crippen LogP contribution in [0.2, 0.25) is 0 Å². The van der Waals surface area contributed by atoms with Gasteiger partial charge in [0, 0.05) is 58.7 Å². The van der Waals surface area contributed by atoms with Gasteiger partial charge in [-0.3, -0.25) is 9.10 Å². The Bertz CT molecular complexity index is 1360. The fourth-order valence-electron chi connectivity index (χ4n) is 4.61. The van der Waals surface area contributed by atoms with Crippen molar-refractivity contribution in [2.45, 2.75) is 38.9 Å². The molecule has 1 amide bonds. The third-order valence-corrected chi connectivity index (χ3v) is 8.60. The number of halogens is 3. The molecule has 1 fully saturated rings.